The van der Waals surface area contributed by atoms with Crippen molar-refractivity contribution in [3.63, 3.8) is 0 Å². The predicted molar refractivity (Wildman–Crippen MR) is 114 cm³/mol. The lowest BCUT2D eigenvalue weighted by molar-refractivity contribution is -0.142. The third-order valence-electron chi connectivity index (χ3n) is 4.34. The molecule has 0 aliphatic carbocycles. The summed E-state index contributed by atoms with van der Waals surface area (Å²) in [5, 5.41) is 2.86. The highest BCUT2D eigenvalue weighted by atomic mass is 79.9. The Morgan fingerprint density at radius 3 is 2.54 bits per heavy atom. The number of halogens is 1. The molecule has 0 spiro atoms. The quantitative estimate of drug-likeness (QED) is 0.630. The normalized spacial score (nSPS) is 11.6. The van der Waals surface area contributed by atoms with Crippen LogP contribution in [0.25, 0.3) is 0 Å². The Labute approximate surface area is 175 Å². The molecule has 2 aromatic carbocycles. The summed E-state index contributed by atoms with van der Waals surface area (Å²) < 4.78 is 6.57. The van der Waals surface area contributed by atoms with Crippen molar-refractivity contribution in [2.45, 2.75) is 39.8 Å². The molecule has 2 amide bonds. The van der Waals surface area contributed by atoms with Crippen LogP contribution in [0.3, 0.4) is 0 Å². The van der Waals surface area contributed by atoms with Crippen LogP contribution >= 0.6 is 15.9 Å². The van der Waals surface area contributed by atoms with Gasteiger partial charge in [0.15, 0.2) is 6.61 Å². The van der Waals surface area contributed by atoms with Gasteiger partial charge in [0.2, 0.25) is 5.91 Å². The zero-order valence-corrected chi connectivity index (χ0v) is 18.2. The largest absolute Gasteiger partial charge is 0.484 e. The number of benzene rings is 2. The van der Waals surface area contributed by atoms with E-state index in [4.69, 9.17) is 4.74 Å². The topological polar surface area (TPSA) is 58.6 Å². The van der Waals surface area contributed by atoms with E-state index in [9.17, 15) is 9.59 Å². The molecule has 0 aromatic heterocycles. The monoisotopic (exact) mass is 446 g/mol. The van der Waals surface area contributed by atoms with Gasteiger partial charge in [-0.15, -0.1) is 0 Å². The van der Waals surface area contributed by atoms with Crippen molar-refractivity contribution in [3.8, 4) is 5.75 Å². The molecule has 6 heteroatoms. The van der Waals surface area contributed by atoms with Gasteiger partial charge in [-0.2, -0.15) is 0 Å². The second-order valence-electron chi connectivity index (χ2n) is 6.72. The minimum Gasteiger partial charge on any atom is -0.484 e. The number of ether oxygens (including phenoxy) is 1. The van der Waals surface area contributed by atoms with E-state index in [1.165, 1.54) is 0 Å². The second kappa shape index (κ2) is 10.9. The van der Waals surface area contributed by atoms with Crippen LogP contribution in [-0.4, -0.2) is 35.9 Å². The molecule has 0 heterocycles. The van der Waals surface area contributed by atoms with Crippen molar-refractivity contribution in [3.05, 3.63) is 64.1 Å². The van der Waals surface area contributed by atoms with Gasteiger partial charge in [-0.25, -0.2) is 0 Å². The number of nitrogens with one attached hydrogen (secondary N) is 1. The van der Waals surface area contributed by atoms with E-state index in [-0.39, 0.29) is 18.4 Å². The van der Waals surface area contributed by atoms with Crippen LogP contribution in [0.1, 0.15) is 31.4 Å². The zero-order chi connectivity index (χ0) is 20.5. The minimum atomic E-state index is -0.598. The van der Waals surface area contributed by atoms with E-state index in [1.807, 2.05) is 62.4 Å². The van der Waals surface area contributed by atoms with Crippen LogP contribution in [0.4, 0.5) is 0 Å². The van der Waals surface area contributed by atoms with Crippen LogP contribution in [0.2, 0.25) is 0 Å². The van der Waals surface area contributed by atoms with Crippen molar-refractivity contribution in [2.24, 2.45) is 0 Å². The van der Waals surface area contributed by atoms with Gasteiger partial charge in [-0.05, 0) is 50.1 Å². The molecule has 0 bridgehead atoms. The summed E-state index contributed by atoms with van der Waals surface area (Å²) in [6, 6.07) is 14.6. The molecule has 1 N–H and O–H groups in total. The minimum absolute atomic E-state index is 0.123. The Morgan fingerprint density at radius 1 is 1.18 bits per heavy atom. The number of hydrogen-bond donors (Lipinski definition) is 1. The van der Waals surface area contributed by atoms with Crippen molar-refractivity contribution in [2.75, 3.05) is 13.2 Å². The fourth-order valence-electron chi connectivity index (χ4n) is 2.67. The van der Waals surface area contributed by atoms with Gasteiger partial charge in [0, 0.05) is 17.6 Å². The molecule has 1 atom stereocenters. The summed E-state index contributed by atoms with van der Waals surface area (Å²) in [5.41, 5.74) is 2.06. The van der Waals surface area contributed by atoms with Crippen LogP contribution in [0.5, 0.6) is 5.75 Å². The van der Waals surface area contributed by atoms with Crippen LogP contribution in [0.15, 0.2) is 53.0 Å². The third kappa shape index (κ3) is 6.68. The second-order valence-corrected chi connectivity index (χ2v) is 7.64. The average Bonchev–Trinajstić information content (AvgIpc) is 2.69. The standard InChI is InChI=1S/C22H27BrN2O3/c1-4-12-24-22(27)17(3)25(14-18-6-5-7-19(23)13-18)21(26)15-28-20-10-8-16(2)9-11-20/h5-11,13,17H,4,12,14-15H2,1-3H3,(H,24,27). The Balaban J connectivity index is 2.12. The van der Waals surface area contributed by atoms with Crippen molar-refractivity contribution in [1.29, 1.82) is 0 Å². The van der Waals surface area contributed by atoms with Gasteiger partial charge >= 0.3 is 0 Å². The first-order valence-corrected chi connectivity index (χ1v) is 10.2. The number of carbonyl (C=O) groups excluding carboxylic acids is 2. The van der Waals surface area contributed by atoms with Gasteiger partial charge in [0.25, 0.3) is 5.91 Å². The zero-order valence-electron chi connectivity index (χ0n) is 16.6. The molecule has 0 fully saturated rings. The van der Waals surface area contributed by atoms with E-state index in [1.54, 1.807) is 11.8 Å². The van der Waals surface area contributed by atoms with E-state index in [0.717, 1.165) is 22.0 Å². The molecular formula is C22H27BrN2O3. The van der Waals surface area contributed by atoms with E-state index in [0.29, 0.717) is 18.8 Å². The van der Waals surface area contributed by atoms with Gasteiger partial charge in [-0.1, -0.05) is 52.7 Å². The fraction of sp³-hybridized carbons (Fsp3) is 0.364. The van der Waals surface area contributed by atoms with Crippen molar-refractivity contribution < 1.29 is 14.3 Å². The van der Waals surface area contributed by atoms with E-state index in [2.05, 4.69) is 21.2 Å². The van der Waals surface area contributed by atoms with Crippen LogP contribution in [0, 0.1) is 6.92 Å². The smallest absolute Gasteiger partial charge is 0.261 e. The number of carbonyl (C=O) groups is 2. The first-order chi connectivity index (χ1) is 13.4. The number of amides is 2. The maximum atomic E-state index is 12.9. The van der Waals surface area contributed by atoms with Crippen molar-refractivity contribution in [1.82, 2.24) is 10.2 Å². The Hall–Kier alpha value is -2.34. The number of nitrogens with zero attached hydrogens (tertiary/aromatic N) is 1. The molecule has 0 saturated carbocycles. The number of hydrogen-bond acceptors (Lipinski definition) is 3. The highest BCUT2D eigenvalue weighted by molar-refractivity contribution is 9.10. The summed E-state index contributed by atoms with van der Waals surface area (Å²) in [6.07, 6.45) is 0.842. The van der Waals surface area contributed by atoms with Crippen LogP contribution in [-0.2, 0) is 16.1 Å². The average molecular weight is 447 g/mol. The third-order valence-corrected chi connectivity index (χ3v) is 4.84. The predicted octanol–water partition coefficient (Wildman–Crippen LogP) is 4.08. The molecule has 5 nitrogen and oxygen atoms in total. The number of aryl methyl sites for hydroxylation is 1. The Kier molecular flexibility index (Phi) is 8.51. The molecule has 2 rings (SSSR count). The SMILES string of the molecule is CCCNC(=O)C(C)N(Cc1cccc(Br)c1)C(=O)COc1ccc(C)cc1. The van der Waals surface area contributed by atoms with Gasteiger partial charge < -0.3 is 15.0 Å². The molecule has 28 heavy (non-hydrogen) atoms. The first kappa shape index (κ1) is 22.0. The first-order valence-electron chi connectivity index (χ1n) is 9.41. The summed E-state index contributed by atoms with van der Waals surface area (Å²) in [7, 11) is 0. The molecule has 0 aliphatic heterocycles. The molecule has 2 aromatic rings. The van der Waals surface area contributed by atoms with E-state index < -0.39 is 6.04 Å². The molecular weight excluding hydrogens is 420 g/mol. The van der Waals surface area contributed by atoms with Gasteiger partial charge in [0.05, 0.1) is 0 Å². The Morgan fingerprint density at radius 2 is 1.89 bits per heavy atom. The lowest BCUT2D eigenvalue weighted by Gasteiger charge is -2.28. The van der Waals surface area contributed by atoms with Crippen molar-refractivity contribution >= 4 is 27.7 Å². The summed E-state index contributed by atoms with van der Waals surface area (Å²) in [5.74, 6) is 0.227. The maximum absolute atomic E-state index is 12.9. The number of rotatable bonds is 9. The fourth-order valence-corrected chi connectivity index (χ4v) is 3.12. The summed E-state index contributed by atoms with van der Waals surface area (Å²) >= 11 is 3.45. The molecule has 0 saturated heterocycles. The molecule has 1 unspecified atom stereocenters. The van der Waals surface area contributed by atoms with Gasteiger partial charge in [-0.3, -0.25) is 9.59 Å². The van der Waals surface area contributed by atoms with Crippen LogP contribution < -0.4 is 10.1 Å². The summed E-state index contributed by atoms with van der Waals surface area (Å²) in [4.78, 5) is 26.9. The molecule has 0 aliphatic rings. The molecule has 0 radical (unpaired) electrons. The van der Waals surface area contributed by atoms with E-state index >= 15 is 0 Å². The lowest BCUT2D eigenvalue weighted by atomic mass is 10.1. The highest BCUT2D eigenvalue weighted by Crippen LogP contribution is 2.16. The Bertz CT molecular complexity index is 793. The molecule has 150 valence electrons. The highest BCUT2D eigenvalue weighted by Gasteiger charge is 2.26. The maximum Gasteiger partial charge on any atom is 0.261 e. The lowest BCUT2D eigenvalue weighted by Crippen LogP contribution is -2.49. The summed E-state index contributed by atoms with van der Waals surface area (Å²) in [6.45, 7) is 6.52. The van der Waals surface area contributed by atoms with Gasteiger partial charge in [0.1, 0.15) is 11.8 Å².